The molecule has 0 saturated heterocycles. The molecule has 0 heterocycles. The monoisotopic (exact) mass is 977 g/mol. The van der Waals surface area contributed by atoms with Gasteiger partial charge < -0.3 is 27.7 Å². The van der Waals surface area contributed by atoms with Crippen molar-refractivity contribution >= 4 is 71.6 Å². The molecular weight excluding hydrogens is 931 g/mol. The summed E-state index contributed by atoms with van der Waals surface area (Å²) in [7, 11) is -1.16. The number of ether oxygens (including phenoxy) is 1. The third kappa shape index (κ3) is 17.8. The quantitative estimate of drug-likeness (QED) is 0.0136. The van der Waals surface area contributed by atoms with Crippen molar-refractivity contribution in [1.82, 2.24) is 14.5 Å². The van der Waals surface area contributed by atoms with Crippen LogP contribution in [-0.4, -0.2) is 101 Å². The fraction of sp³-hybridized carbons (Fsp3) is 0.289. The molecule has 0 saturated carbocycles. The Hall–Kier alpha value is -4.70. The molecule has 2 unspecified atom stereocenters. The number of benzene rings is 4. The van der Waals surface area contributed by atoms with E-state index >= 15 is 0 Å². The van der Waals surface area contributed by atoms with E-state index in [0.717, 1.165) is 22.3 Å². The standard InChI is InChI=1S/C38H47N9O10P4S2/c1-45(58(62)56-37-19-7-31(8-20-37)23-24-47(29-60(48,50-3)51-4)30-61(49,52-5)53-6)41-26-33-9-15-35(16-10-33)54-28-40-25-32-13-21-38(22-14-32)57-59(63)46(2)42-27-34-11-17-36(18-12-34)55-44-43-39/h7-22,25-27H,23-24,28-30H2,1-6H3/q+2. The Labute approximate surface area is 378 Å². The molecular formula is C38H47N9O10P4S2+2. The van der Waals surface area contributed by atoms with Gasteiger partial charge in [-0.05, 0) is 119 Å². The van der Waals surface area contributed by atoms with Crippen molar-refractivity contribution in [2.75, 3.05) is 68.4 Å². The van der Waals surface area contributed by atoms with Crippen molar-refractivity contribution in [2.24, 2.45) is 20.5 Å². The second-order valence-electron chi connectivity index (χ2n) is 12.7. The molecule has 0 aliphatic carbocycles. The van der Waals surface area contributed by atoms with Crippen LogP contribution < -0.4 is 18.6 Å². The van der Waals surface area contributed by atoms with Gasteiger partial charge in [0.05, 0.1) is 26.5 Å². The van der Waals surface area contributed by atoms with Gasteiger partial charge in [0.1, 0.15) is 29.3 Å². The maximum atomic E-state index is 12.8. The first-order chi connectivity index (χ1) is 30.3. The van der Waals surface area contributed by atoms with E-state index in [0.29, 0.717) is 36.0 Å². The predicted molar refractivity (Wildman–Crippen MR) is 253 cm³/mol. The molecule has 0 bridgehead atoms. The zero-order valence-corrected chi connectivity index (χ0v) is 40.4. The lowest BCUT2D eigenvalue weighted by molar-refractivity contribution is 0.224. The van der Waals surface area contributed by atoms with E-state index in [2.05, 4.69) is 25.4 Å². The summed E-state index contributed by atoms with van der Waals surface area (Å²) in [6, 6.07) is 29.0. The molecule has 0 amide bonds. The molecule has 0 spiro atoms. The molecule has 0 aliphatic rings. The summed E-state index contributed by atoms with van der Waals surface area (Å²) < 4.78 is 66.8. The van der Waals surface area contributed by atoms with Gasteiger partial charge in [0.2, 0.25) is 23.6 Å². The van der Waals surface area contributed by atoms with Crippen LogP contribution >= 0.6 is 29.3 Å². The lowest BCUT2D eigenvalue weighted by Crippen LogP contribution is -2.29. The van der Waals surface area contributed by atoms with Gasteiger partial charge in [0.15, 0.2) is 18.2 Å². The fourth-order valence-corrected chi connectivity index (χ4v) is 9.21. The minimum absolute atomic E-state index is 0.0936. The Morgan fingerprint density at radius 3 is 1.49 bits per heavy atom. The molecule has 0 aliphatic heterocycles. The molecule has 334 valence electrons. The molecule has 4 rings (SSSR count). The molecule has 2 atom stereocenters. The Balaban J connectivity index is 1.18. The molecule has 63 heavy (non-hydrogen) atoms. The van der Waals surface area contributed by atoms with Crippen LogP contribution in [-0.2, 0) is 57.3 Å². The van der Waals surface area contributed by atoms with Gasteiger partial charge in [-0.25, -0.2) is 0 Å². The van der Waals surface area contributed by atoms with Gasteiger partial charge in [0.25, 0.3) is 0 Å². The second kappa shape index (κ2) is 26.2. The lowest BCUT2D eigenvalue weighted by atomic mass is 10.1. The molecule has 19 nitrogen and oxygen atoms in total. The predicted octanol–water partition coefficient (Wildman–Crippen LogP) is 9.71. The van der Waals surface area contributed by atoms with E-state index in [4.69, 9.17) is 65.9 Å². The number of nitrogens with zero attached hydrogens (tertiary/aromatic N) is 9. The van der Waals surface area contributed by atoms with Gasteiger partial charge in [-0.15, -0.1) is 10.2 Å². The van der Waals surface area contributed by atoms with E-state index < -0.39 is 29.3 Å². The van der Waals surface area contributed by atoms with Gasteiger partial charge in [-0.2, -0.15) is 0 Å². The van der Waals surface area contributed by atoms with Crippen molar-refractivity contribution in [3.8, 4) is 23.0 Å². The summed E-state index contributed by atoms with van der Waals surface area (Å²) in [5.74, 6) is 2.23. The molecule has 25 heteroatoms. The van der Waals surface area contributed by atoms with Gasteiger partial charge in [-0.3, -0.25) is 28.1 Å². The molecule has 4 aromatic carbocycles. The summed E-state index contributed by atoms with van der Waals surface area (Å²) in [5, 5.41) is 11.9. The minimum Gasteiger partial charge on any atom is -0.471 e. The van der Waals surface area contributed by atoms with Gasteiger partial charge >= 0.3 is 29.3 Å². The topological polar surface area (TPSA) is 204 Å². The fourth-order valence-electron chi connectivity index (χ4n) is 4.94. The second-order valence-corrected chi connectivity index (χ2v) is 21.5. The number of hydrogen-bond acceptors (Lipinski definition) is 17. The minimum atomic E-state index is -3.43. The SMILES string of the molecule is COP(=O)(CN(CCc1ccc(O[P+](=S)N(C)N=Cc2ccc(OCN=Cc3ccc(O[P+](=S)N(C)N=Cc4ccc(ON=[N+]=[N-])cc4)cc3)cc2)cc1)CP(=O)(OC)OC)OC. The summed E-state index contributed by atoms with van der Waals surface area (Å²) in [5.41, 5.74) is 11.8. The normalized spacial score (nSPS) is 12.4. The Morgan fingerprint density at radius 1 is 0.635 bits per heavy atom. The largest absolute Gasteiger partial charge is 0.540 e. The third-order valence-electron chi connectivity index (χ3n) is 8.46. The van der Waals surface area contributed by atoms with Crippen LogP contribution in [0.15, 0.2) is 118 Å². The van der Waals surface area contributed by atoms with Crippen molar-refractivity contribution in [2.45, 2.75) is 6.42 Å². The smallest absolute Gasteiger partial charge is 0.471 e. The van der Waals surface area contributed by atoms with Gasteiger partial charge in [-0.1, -0.05) is 21.7 Å². The molecule has 0 radical (unpaired) electrons. The van der Waals surface area contributed by atoms with E-state index in [9.17, 15) is 9.13 Å². The zero-order valence-electron chi connectivity index (χ0n) is 35.2. The number of rotatable bonds is 27. The number of azide groups is 1. The molecule has 4 aromatic rings. The highest BCUT2D eigenvalue weighted by Gasteiger charge is 2.31. The van der Waals surface area contributed by atoms with Crippen LogP contribution in [0.2, 0.25) is 0 Å². The van der Waals surface area contributed by atoms with Crippen molar-refractivity contribution in [3.05, 3.63) is 130 Å². The number of hydrazone groups is 2. The summed E-state index contributed by atoms with van der Waals surface area (Å²) in [6.45, 7) is 0.495. The van der Waals surface area contributed by atoms with E-state index in [1.165, 1.54) is 28.4 Å². The van der Waals surface area contributed by atoms with Crippen LogP contribution in [0, 0.1) is 0 Å². The van der Waals surface area contributed by atoms with E-state index in [1.54, 1.807) is 71.5 Å². The van der Waals surface area contributed by atoms with Crippen molar-refractivity contribution < 1.29 is 45.8 Å². The Bertz CT molecular complexity index is 2300. The van der Waals surface area contributed by atoms with Crippen molar-refractivity contribution in [3.63, 3.8) is 0 Å². The molecule has 0 fully saturated rings. The van der Waals surface area contributed by atoms with E-state index in [1.807, 2.05) is 72.8 Å². The van der Waals surface area contributed by atoms with Gasteiger partial charge in [0, 0.05) is 46.1 Å². The van der Waals surface area contributed by atoms with Crippen LogP contribution in [0.1, 0.15) is 22.3 Å². The first-order valence-electron chi connectivity index (χ1n) is 18.5. The molecule has 0 aromatic heterocycles. The Kier molecular flexibility index (Phi) is 21.2. The molecule has 0 N–H and O–H groups in total. The average Bonchev–Trinajstić information content (AvgIpc) is 3.31. The Morgan fingerprint density at radius 2 is 1.05 bits per heavy atom. The average molecular weight is 978 g/mol. The maximum absolute atomic E-state index is 12.8. The van der Waals surface area contributed by atoms with Crippen LogP contribution in [0.3, 0.4) is 0 Å². The van der Waals surface area contributed by atoms with Crippen LogP contribution in [0.4, 0.5) is 0 Å². The first-order valence-corrected chi connectivity index (χ1v) is 26.4. The summed E-state index contributed by atoms with van der Waals surface area (Å²) in [4.78, 5) is 13.4. The zero-order chi connectivity index (χ0) is 45.7. The number of hydrogen-bond donors (Lipinski definition) is 0. The highest BCUT2D eigenvalue weighted by atomic mass is 32.4. The highest BCUT2D eigenvalue weighted by molar-refractivity contribution is 8.02. The first kappa shape index (κ1) is 50.9. The maximum Gasteiger partial charge on any atom is 0.540 e. The van der Waals surface area contributed by atoms with Crippen LogP contribution in [0.25, 0.3) is 10.4 Å². The van der Waals surface area contributed by atoms with Crippen molar-refractivity contribution in [1.29, 1.82) is 0 Å². The van der Waals surface area contributed by atoms with Crippen LogP contribution in [0.5, 0.6) is 23.0 Å². The lowest BCUT2D eigenvalue weighted by Gasteiger charge is -2.27. The summed E-state index contributed by atoms with van der Waals surface area (Å²) in [6.07, 6.45) is 5.37. The van der Waals surface area contributed by atoms with E-state index in [-0.39, 0.29) is 19.3 Å². The number of aliphatic imine (C=N–C) groups is 1. The summed E-state index contributed by atoms with van der Waals surface area (Å²) >= 11 is 11.1. The highest BCUT2D eigenvalue weighted by Crippen LogP contribution is 2.51. The third-order valence-corrected chi connectivity index (χ3v) is 15.9.